The molecule has 0 amide bonds. The smallest absolute Gasteiger partial charge is 0.371 e. The van der Waals surface area contributed by atoms with Crippen molar-refractivity contribution < 1.29 is 19.4 Å². The van der Waals surface area contributed by atoms with Crippen LogP contribution in [0.4, 0.5) is 0 Å². The molecule has 1 aliphatic heterocycles. The van der Waals surface area contributed by atoms with Crippen molar-refractivity contribution >= 4 is 16.9 Å². The molecule has 0 saturated carbocycles. The highest BCUT2D eigenvalue weighted by Crippen LogP contribution is 2.33. The average Bonchev–Trinajstić information content (AvgIpc) is 3.05. The second-order valence-electron chi connectivity index (χ2n) is 7.38. The summed E-state index contributed by atoms with van der Waals surface area (Å²) in [5, 5.41) is 19.9. The van der Waals surface area contributed by atoms with E-state index < -0.39 is 5.97 Å². The molecular weight excluding hydrogens is 342 g/mol. The van der Waals surface area contributed by atoms with E-state index in [0.717, 1.165) is 48.0 Å². The van der Waals surface area contributed by atoms with Crippen molar-refractivity contribution in [3.05, 3.63) is 59.4 Å². The van der Waals surface area contributed by atoms with Gasteiger partial charge in [0.05, 0.1) is 6.10 Å². The van der Waals surface area contributed by atoms with Crippen molar-refractivity contribution in [2.45, 2.75) is 32.4 Å². The monoisotopic (exact) mass is 365 g/mol. The summed E-state index contributed by atoms with van der Waals surface area (Å²) in [6.45, 7) is 4.49. The van der Waals surface area contributed by atoms with Crippen LogP contribution in [0.3, 0.4) is 0 Å². The standard InChI is InChI=1S/C22H23NO4/c1-14-8-17-11-20(22(25)26)27-21(17)19(9-14)16-5-2-4-15(10-16)12-23-7-3-6-18(24)13-23/h2,4-5,8-11,18,24H,3,6-7,12-13H2,1H3,(H,25,26). The highest BCUT2D eigenvalue weighted by atomic mass is 16.4. The highest BCUT2D eigenvalue weighted by Gasteiger charge is 2.18. The van der Waals surface area contributed by atoms with Crippen LogP contribution in [0.1, 0.15) is 34.5 Å². The molecule has 1 unspecified atom stereocenters. The van der Waals surface area contributed by atoms with E-state index in [1.807, 2.05) is 31.2 Å². The summed E-state index contributed by atoms with van der Waals surface area (Å²) >= 11 is 0. The lowest BCUT2D eigenvalue weighted by atomic mass is 9.98. The van der Waals surface area contributed by atoms with Gasteiger partial charge in [0.1, 0.15) is 5.58 Å². The number of benzene rings is 2. The van der Waals surface area contributed by atoms with Crippen LogP contribution in [0.25, 0.3) is 22.1 Å². The quantitative estimate of drug-likeness (QED) is 0.729. The minimum Gasteiger partial charge on any atom is -0.475 e. The van der Waals surface area contributed by atoms with E-state index in [4.69, 9.17) is 4.42 Å². The molecule has 3 aromatic rings. The number of aromatic carboxylic acids is 1. The zero-order chi connectivity index (χ0) is 19.0. The Morgan fingerprint density at radius 3 is 2.89 bits per heavy atom. The van der Waals surface area contributed by atoms with Crippen molar-refractivity contribution in [1.29, 1.82) is 0 Å². The van der Waals surface area contributed by atoms with Crippen LogP contribution in [0.15, 0.2) is 46.9 Å². The van der Waals surface area contributed by atoms with E-state index in [-0.39, 0.29) is 11.9 Å². The van der Waals surface area contributed by atoms with Crippen molar-refractivity contribution in [2.75, 3.05) is 13.1 Å². The van der Waals surface area contributed by atoms with Crippen LogP contribution >= 0.6 is 0 Å². The van der Waals surface area contributed by atoms with Gasteiger partial charge in [-0.05, 0) is 67.3 Å². The molecule has 2 heterocycles. The molecule has 2 N–H and O–H groups in total. The minimum absolute atomic E-state index is 0.0460. The molecule has 1 saturated heterocycles. The summed E-state index contributed by atoms with van der Waals surface area (Å²) in [5.74, 6) is -1.11. The Kier molecular flexibility index (Phi) is 4.72. The van der Waals surface area contributed by atoms with Crippen LogP contribution in [0.2, 0.25) is 0 Å². The Hall–Kier alpha value is -2.63. The predicted molar refractivity (Wildman–Crippen MR) is 104 cm³/mol. The third kappa shape index (κ3) is 3.75. The lowest BCUT2D eigenvalue weighted by molar-refractivity contribution is 0.0661. The van der Waals surface area contributed by atoms with Crippen LogP contribution in [-0.4, -0.2) is 40.3 Å². The van der Waals surface area contributed by atoms with Gasteiger partial charge in [0.2, 0.25) is 5.76 Å². The molecule has 27 heavy (non-hydrogen) atoms. The molecule has 0 spiro atoms. The number of furan rings is 1. The fraction of sp³-hybridized carbons (Fsp3) is 0.318. The second kappa shape index (κ2) is 7.18. The number of hydrogen-bond donors (Lipinski definition) is 2. The molecule has 140 valence electrons. The number of fused-ring (bicyclic) bond motifs is 1. The molecule has 1 fully saturated rings. The number of carboxylic acids is 1. The van der Waals surface area contributed by atoms with Gasteiger partial charge in [0.25, 0.3) is 0 Å². The molecule has 0 bridgehead atoms. The molecule has 4 rings (SSSR count). The van der Waals surface area contributed by atoms with Crippen LogP contribution in [-0.2, 0) is 6.54 Å². The number of β-amino-alcohol motifs (C(OH)–C–C–N with tert-alkyl or cyclic N) is 1. The fourth-order valence-corrected chi connectivity index (χ4v) is 3.89. The van der Waals surface area contributed by atoms with Gasteiger partial charge in [-0.1, -0.05) is 18.2 Å². The molecule has 0 radical (unpaired) electrons. The molecule has 1 aliphatic rings. The summed E-state index contributed by atoms with van der Waals surface area (Å²) < 4.78 is 5.63. The van der Waals surface area contributed by atoms with E-state index in [1.165, 1.54) is 5.56 Å². The first kappa shape index (κ1) is 17.8. The number of likely N-dealkylation sites (tertiary alicyclic amines) is 1. The molecule has 1 atom stereocenters. The number of hydrogen-bond acceptors (Lipinski definition) is 4. The average molecular weight is 365 g/mol. The van der Waals surface area contributed by atoms with Gasteiger partial charge in [0.15, 0.2) is 0 Å². The summed E-state index contributed by atoms with van der Waals surface area (Å²) in [7, 11) is 0. The number of piperidine rings is 1. The maximum absolute atomic E-state index is 11.3. The Bertz CT molecular complexity index is 991. The lowest BCUT2D eigenvalue weighted by Crippen LogP contribution is -2.37. The fourth-order valence-electron chi connectivity index (χ4n) is 3.89. The number of aliphatic hydroxyl groups is 1. The van der Waals surface area contributed by atoms with Crippen molar-refractivity contribution in [3.63, 3.8) is 0 Å². The summed E-state index contributed by atoms with van der Waals surface area (Å²) in [6, 6.07) is 13.8. The molecule has 1 aromatic heterocycles. The molecule has 5 nitrogen and oxygen atoms in total. The Balaban J connectivity index is 1.70. The molecule has 5 heteroatoms. The van der Waals surface area contributed by atoms with E-state index in [9.17, 15) is 15.0 Å². The normalized spacial score (nSPS) is 18.1. The third-order valence-corrected chi connectivity index (χ3v) is 5.10. The first-order valence-corrected chi connectivity index (χ1v) is 9.27. The van der Waals surface area contributed by atoms with E-state index in [1.54, 1.807) is 6.07 Å². The highest BCUT2D eigenvalue weighted by molar-refractivity contribution is 5.98. The van der Waals surface area contributed by atoms with Crippen LogP contribution < -0.4 is 0 Å². The number of carboxylic acid groups (broad SMARTS) is 1. The van der Waals surface area contributed by atoms with Gasteiger partial charge in [-0.25, -0.2) is 4.79 Å². The maximum atomic E-state index is 11.3. The van der Waals surface area contributed by atoms with Gasteiger partial charge in [-0.3, -0.25) is 4.90 Å². The largest absolute Gasteiger partial charge is 0.475 e. The number of aliphatic hydroxyl groups excluding tert-OH is 1. The molecular formula is C22H23NO4. The predicted octanol–water partition coefficient (Wildman–Crippen LogP) is 4.06. The van der Waals surface area contributed by atoms with Crippen molar-refractivity contribution in [3.8, 4) is 11.1 Å². The van der Waals surface area contributed by atoms with E-state index in [0.29, 0.717) is 12.1 Å². The van der Waals surface area contributed by atoms with Gasteiger partial charge in [-0.2, -0.15) is 0 Å². The van der Waals surface area contributed by atoms with E-state index >= 15 is 0 Å². The van der Waals surface area contributed by atoms with Crippen LogP contribution in [0.5, 0.6) is 0 Å². The number of nitrogens with zero attached hydrogens (tertiary/aromatic N) is 1. The first-order valence-electron chi connectivity index (χ1n) is 9.27. The molecule has 0 aliphatic carbocycles. The summed E-state index contributed by atoms with van der Waals surface area (Å²) in [5.41, 5.74) is 4.73. The van der Waals surface area contributed by atoms with Gasteiger partial charge >= 0.3 is 5.97 Å². The van der Waals surface area contributed by atoms with E-state index in [2.05, 4.69) is 17.0 Å². The summed E-state index contributed by atoms with van der Waals surface area (Å²) in [4.78, 5) is 13.6. The lowest BCUT2D eigenvalue weighted by Gasteiger charge is -2.30. The SMILES string of the molecule is Cc1cc(-c2cccc(CN3CCCC(O)C3)c2)c2oc(C(=O)O)cc2c1. The number of carbonyl (C=O) groups is 1. The first-order chi connectivity index (χ1) is 13.0. The van der Waals surface area contributed by atoms with Gasteiger partial charge in [0, 0.05) is 24.0 Å². The number of rotatable bonds is 4. The zero-order valence-electron chi connectivity index (χ0n) is 15.3. The molecule has 2 aromatic carbocycles. The Labute approximate surface area is 157 Å². The van der Waals surface area contributed by atoms with Gasteiger partial charge in [-0.15, -0.1) is 0 Å². The summed E-state index contributed by atoms with van der Waals surface area (Å²) in [6.07, 6.45) is 1.65. The maximum Gasteiger partial charge on any atom is 0.371 e. The minimum atomic E-state index is -1.06. The number of aryl methyl sites for hydroxylation is 1. The van der Waals surface area contributed by atoms with Crippen molar-refractivity contribution in [2.24, 2.45) is 0 Å². The van der Waals surface area contributed by atoms with Crippen LogP contribution in [0, 0.1) is 6.92 Å². The zero-order valence-corrected chi connectivity index (χ0v) is 15.3. The Morgan fingerprint density at radius 1 is 1.26 bits per heavy atom. The van der Waals surface area contributed by atoms with Crippen molar-refractivity contribution in [1.82, 2.24) is 4.90 Å². The second-order valence-corrected chi connectivity index (χ2v) is 7.38. The third-order valence-electron chi connectivity index (χ3n) is 5.10. The van der Waals surface area contributed by atoms with Gasteiger partial charge < -0.3 is 14.6 Å². The Morgan fingerprint density at radius 2 is 2.11 bits per heavy atom. The topological polar surface area (TPSA) is 73.9 Å².